The molecule has 1 aromatic heterocycles. The molecule has 2 bridgehead atoms. The topological polar surface area (TPSA) is 65.9 Å². The van der Waals surface area contributed by atoms with Crippen LogP contribution in [0.1, 0.15) is 30.4 Å². The Bertz CT molecular complexity index is 1150. The Balaban J connectivity index is 1.63. The van der Waals surface area contributed by atoms with Crippen LogP contribution < -0.4 is 5.73 Å². The van der Waals surface area contributed by atoms with E-state index in [1.165, 1.54) is 29.7 Å². The molecular weight excluding hydrogens is 402 g/mol. The van der Waals surface area contributed by atoms with Crippen molar-refractivity contribution in [2.45, 2.75) is 37.4 Å². The van der Waals surface area contributed by atoms with Gasteiger partial charge in [-0.3, -0.25) is 4.90 Å². The Morgan fingerprint density at radius 1 is 1.23 bits per heavy atom. The molecule has 2 N–H and O–H groups in total. The van der Waals surface area contributed by atoms with E-state index in [-0.39, 0.29) is 16.9 Å². The number of rotatable bonds is 4. The van der Waals surface area contributed by atoms with Crippen molar-refractivity contribution in [2.75, 3.05) is 6.54 Å². The van der Waals surface area contributed by atoms with Crippen LogP contribution in [0.25, 0.3) is 21.6 Å². The summed E-state index contributed by atoms with van der Waals surface area (Å²) in [7, 11) is 0. The van der Waals surface area contributed by atoms with Crippen molar-refractivity contribution in [1.82, 2.24) is 9.27 Å². The number of nitrogens with two attached hydrogens (primary N) is 1. The predicted molar refractivity (Wildman–Crippen MR) is 113 cm³/mol. The molecule has 1 saturated heterocycles. The first-order valence-corrected chi connectivity index (χ1v) is 10.7. The fourth-order valence-corrected chi connectivity index (χ4v) is 5.60. The number of benzene rings is 2. The van der Waals surface area contributed by atoms with Crippen molar-refractivity contribution in [1.29, 1.82) is 5.26 Å². The van der Waals surface area contributed by atoms with Gasteiger partial charge in [-0.2, -0.15) is 5.26 Å². The Morgan fingerprint density at radius 2 is 2.10 bits per heavy atom. The molecular formula is C23H20F2N4S. The second-order valence-corrected chi connectivity index (χ2v) is 9.13. The summed E-state index contributed by atoms with van der Waals surface area (Å²) in [5.74, 6) is -0.872. The number of halogens is 2. The van der Waals surface area contributed by atoms with Crippen LogP contribution in [0, 0.1) is 23.0 Å². The maximum atomic E-state index is 15.1. The van der Waals surface area contributed by atoms with E-state index in [0.29, 0.717) is 23.7 Å². The van der Waals surface area contributed by atoms with Crippen LogP contribution in [0.4, 0.5) is 8.78 Å². The number of hydrogen-bond acceptors (Lipinski definition) is 5. The first kappa shape index (κ1) is 19.3. The molecule has 0 radical (unpaired) electrons. The lowest BCUT2D eigenvalue weighted by Crippen LogP contribution is -2.44. The molecule has 2 heterocycles. The van der Waals surface area contributed by atoms with Gasteiger partial charge >= 0.3 is 0 Å². The Morgan fingerprint density at radius 3 is 2.73 bits per heavy atom. The predicted octanol–water partition coefficient (Wildman–Crippen LogP) is 4.69. The molecule has 1 saturated carbocycles. The second-order valence-electron chi connectivity index (χ2n) is 8.30. The summed E-state index contributed by atoms with van der Waals surface area (Å²) in [6, 6.07) is 11.7. The normalized spacial score (nSPS) is 23.1. The zero-order valence-electron chi connectivity index (χ0n) is 16.2. The summed E-state index contributed by atoms with van der Waals surface area (Å²) in [5, 5.41) is 9.04. The highest BCUT2D eigenvalue weighted by molar-refractivity contribution is 7.09. The molecule has 4 nitrogen and oxygen atoms in total. The first-order valence-electron chi connectivity index (χ1n) is 9.93. The monoisotopic (exact) mass is 422 g/mol. The van der Waals surface area contributed by atoms with E-state index >= 15 is 4.39 Å². The number of fused-ring (bicyclic) bond motifs is 2. The zero-order valence-corrected chi connectivity index (χ0v) is 17.1. The Kier molecular flexibility index (Phi) is 4.66. The highest BCUT2D eigenvalue weighted by Crippen LogP contribution is 2.43. The van der Waals surface area contributed by atoms with Crippen molar-refractivity contribution in [3.8, 4) is 27.6 Å². The number of hydrogen-bond donors (Lipinski definition) is 1. The number of nitriles is 1. The van der Waals surface area contributed by atoms with E-state index in [0.717, 1.165) is 41.8 Å². The summed E-state index contributed by atoms with van der Waals surface area (Å²) in [6.07, 6.45) is 4.69. The summed E-state index contributed by atoms with van der Waals surface area (Å²) in [5.41, 5.74) is 8.94. The molecule has 5 rings (SSSR count). The molecule has 2 aliphatic rings. The van der Waals surface area contributed by atoms with Crippen LogP contribution in [0.2, 0.25) is 0 Å². The summed E-state index contributed by atoms with van der Waals surface area (Å²) in [4.78, 5) is 3.10. The highest BCUT2D eigenvalue weighted by atomic mass is 32.1. The average Bonchev–Trinajstić information content (AvgIpc) is 3.45. The van der Waals surface area contributed by atoms with Gasteiger partial charge in [0.1, 0.15) is 17.7 Å². The molecule has 1 aliphatic carbocycles. The van der Waals surface area contributed by atoms with Crippen LogP contribution in [-0.2, 0) is 6.54 Å². The van der Waals surface area contributed by atoms with E-state index < -0.39 is 5.82 Å². The van der Waals surface area contributed by atoms with Crippen molar-refractivity contribution in [3.63, 3.8) is 0 Å². The van der Waals surface area contributed by atoms with Gasteiger partial charge in [0.25, 0.3) is 0 Å². The summed E-state index contributed by atoms with van der Waals surface area (Å²) in [6.45, 7) is 1.21. The van der Waals surface area contributed by atoms with E-state index in [9.17, 15) is 4.39 Å². The van der Waals surface area contributed by atoms with Crippen molar-refractivity contribution >= 4 is 11.5 Å². The van der Waals surface area contributed by atoms with Gasteiger partial charge in [-0.15, -0.1) is 0 Å². The molecule has 0 amide bonds. The molecule has 0 spiro atoms. The second kappa shape index (κ2) is 7.24. The number of nitrogens with zero attached hydrogens (tertiary/aromatic N) is 3. The van der Waals surface area contributed by atoms with E-state index in [4.69, 9.17) is 11.0 Å². The van der Waals surface area contributed by atoms with Gasteiger partial charge in [-0.1, -0.05) is 12.1 Å². The zero-order chi connectivity index (χ0) is 20.9. The van der Waals surface area contributed by atoms with Gasteiger partial charge in [0, 0.05) is 42.0 Å². The minimum atomic E-state index is -0.585. The maximum Gasteiger partial charge on any atom is 0.141 e. The third kappa shape index (κ3) is 3.21. The smallest absolute Gasteiger partial charge is 0.141 e. The van der Waals surface area contributed by atoms with Gasteiger partial charge in [0.2, 0.25) is 0 Å². The van der Waals surface area contributed by atoms with Crippen LogP contribution in [0.15, 0.2) is 42.6 Å². The quantitative estimate of drug-likeness (QED) is 0.662. The van der Waals surface area contributed by atoms with E-state index in [1.807, 2.05) is 12.1 Å². The highest BCUT2D eigenvalue weighted by Gasteiger charge is 2.47. The molecule has 2 fully saturated rings. The lowest BCUT2D eigenvalue weighted by Gasteiger charge is -2.31. The molecule has 7 heteroatoms. The lowest BCUT2D eigenvalue weighted by atomic mass is 9.92. The van der Waals surface area contributed by atoms with Crippen LogP contribution in [0.3, 0.4) is 0 Å². The lowest BCUT2D eigenvalue weighted by molar-refractivity contribution is 0.194. The standard InChI is InChI=1S/C23H20F2N4S/c24-19-4-3-17(14-1-2-15(11-26)20(25)9-14)22(21-6-8-28-30-21)18(19)12-29-13-23(27)7-5-16(29)10-23/h1-4,6,8-9,16H,5,7,10,12-13,27H2/t16-,23-/m0/s1. The Hall–Kier alpha value is -2.66. The molecule has 2 aromatic carbocycles. The molecule has 152 valence electrons. The van der Waals surface area contributed by atoms with E-state index in [2.05, 4.69) is 9.27 Å². The minimum absolute atomic E-state index is 0.0123. The molecule has 30 heavy (non-hydrogen) atoms. The van der Waals surface area contributed by atoms with Crippen LogP contribution in [-0.4, -0.2) is 27.4 Å². The van der Waals surface area contributed by atoms with Gasteiger partial charge in [0.05, 0.1) is 10.4 Å². The van der Waals surface area contributed by atoms with E-state index in [1.54, 1.807) is 18.3 Å². The SMILES string of the molecule is N#Cc1ccc(-c2ccc(F)c(CN3C[C@]4(N)CC[C@H]3C4)c2-c2ccns2)cc1F. The summed E-state index contributed by atoms with van der Waals surface area (Å²) < 4.78 is 33.7. The van der Waals surface area contributed by atoms with Crippen molar-refractivity contribution < 1.29 is 8.78 Å². The molecule has 0 unspecified atom stereocenters. The third-order valence-electron chi connectivity index (χ3n) is 6.35. The minimum Gasteiger partial charge on any atom is -0.324 e. The third-order valence-corrected chi connectivity index (χ3v) is 7.12. The molecule has 1 aliphatic heterocycles. The first-order chi connectivity index (χ1) is 14.5. The maximum absolute atomic E-state index is 15.1. The fourth-order valence-electron chi connectivity index (χ4n) is 4.92. The van der Waals surface area contributed by atoms with Crippen LogP contribution in [0.5, 0.6) is 0 Å². The fraction of sp³-hybridized carbons (Fsp3) is 0.304. The van der Waals surface area contributed by atoms with Gasteiger partial charge < -0.3 is 5.73 Å². The van der Waals surface area contributed by atoms with Gasteiger partial charge in [0.15, 0.2) is 0 Å². The summed E-state index contributed by atoms with van der Waals surface area (Å²) >= 11 is 1.29. The largest absolute Gasteiger partial charge is 0.324 e. The van der Waals surface area contributed by atoms with Crippen molar-refractivity contribution in [3.05, 3.63) is 65.4 Å². The number of aromatic nitrogens is 1. The Labute approximate surface area is 177 Å². The molecule has 3 aromatic rings. The average molecular weight is 423 g/mol. The van der Waals surface area contributed by atoms with Gasteiger partial charge in [-0.05, 0) is 66.2 Å². The van der Waals surface area contributed by atoms with Crippen LogP contribution >= 0.6 is 11.5 Å². The number of piperidine rings is 1. The number of likely N-dealkylation sites (tertiary alicyclic amines) is 1. The van der Waals surface area contributed by atoms with Crippen molar-refractivity contribution in [2.24, 2.45) is 5.73 Å². The molecule has 2 atom stereocenters. The van der Waals surface area contributed by atoms with Gasteiger partial charge in [-0.25, -0.2) is 13.2 Å².